The normalized spacial score (nSPS) is 18.6. The van der Waals surface area contributed by atoms with Crippen LogP contribution in [0.15, 0.2) is 80.1 Å². The first-order valence-electron chi connectivity index (χ1n) is 11.8. The number of rotatable bonds is 0. The van der Waals surface area contributed by atoms with Crippen molar-refractivity contribution < 1.29 is 159 Å². The monoisotopic (exact) mass is 898 g/mol. The summed E-state index contributed by atoms with van der Waals surface area (Å²) in [5.41, 5.74) is 4.35. The van der Waals surface area contributed by atoms with E-state index >= 15 is 0 Å². The number of fused-ring (bicyclic) bond motifs is 4. The summed E-state index contributed by atoms with van der Waals surface area (Å²) in [5, 5.41) is 6.24. The van der Waals surface area contributed by atoms with E-state index in [0.717, 1.165) is 11.1 Å². The van der Waals surface area contributed by atoms with Crippen molar-refractivity contribution in [3.8, 4) is 0 Å². The van der Waals surface area contributed by atoms with Crippen LogP contribution in [0.25, 0.3) is 0 Å². The summed E-state index contributed by atoms with van der Waals surface area (Å²) >= 11 is 0. The van der Waals surface area contributed by atoms with E-state index in [1.807, 2.05) is 38.2 Å². The van der Waals surface area contributed by atoms with E-state index in [-0.39, 0.29) is 45.7 Å². The van der Waals surface area contributed by atoms with E-state index in [4.69, 9.17) is 74.5 Å². The molecule has 2 radical (unpaired) electrons. The number of hydrogen-bond acceptors (Lipinski definition) is 22. The topological polar surface area (TPSA) is 452 Å². The zero-order valence-electron chi connectivity index (χ0n) is 24.8. The minimum absolute atomic E-state index is 0. The maximum atomic E-state index is 12.5. The van der Waals surface area contributed by atoms with Crippen LogP contribution in [-0.4, -0.2) is 50.2 Å². The fourth-order valence-corrected chi connectivity index (χ4v) is 3.01. The molecule has 2 N–H and O–H groups in total. The van der Waals surface area contributed by atoms with Crippen molar-refractivity contribution in [2.45, 2.75) is 13.8 Å². The smallest absolute Gasteiger partial charge is 0.388 e. The molecule has 1 aliphatic heterocycles. The Morgan fingerprint density at radius 1 is 0.480 bits per heavy atom. The molecule has 0 saturated carbocycles. The quantitative estimate of drug-likeness (QED) is 0.213. The van der Waals surface area contributed by atoms with Gasteiger partial charge in [-0.1, -0.05) is 0 Å². The Balaban J connectivity index is -0.000000395. The Labute approximate surface area is 312 Å². The van der Waals surface area contributed by atoms with Crippen molar-refractivity contribution in [1.29, 1.82) is 0 Å². The molecular formula is C22H24Cl4Cu2N4O18. The molecule has 0 atom stereocenters. The molecule has 28 heteroatoms. The molecule has 0 aromatic heterocycles. The number of hydrogen-bond donors (Lipinski definition) is 2. The van der Waals surface area contributed by atoms with Gasteiger partial charge in [-0.3, -0.25) is 19.6 Å². The third-order valence-electron chi connectivity index (χ3n) is 4.33. The van der Waals surface area contributed by atoms with Crippen LogP contribution in [0.4, 0.5) is 0 Å². The van der Waals surface area contributed by atoms with Crippen molar-refractivity contribution in [1.82, 2.24) is 10.6 Å². The summed E-state index contributed by atoms with van der Waals surface area (Å²) in [7, 11) is -19.8. The minimum atomic E-state index is -4.94. The van der Waals surface area contributed by atoms with Crippen LogP contribution < -0.4 is 85.2 Å². The average molecular weight is 901 g/mol. The molecule has 0 aromatic carbocycles. The fraction of sp³-hybridized carbons (Fsp3) is 0.273. The van der Waals surface area contributed by atoms with Crippen LogP contribution in [0.1, 0.15) is 13.8 Å². The van der Waals surface area contributed by atoms with Crippen LogP contribution in [0, 0.1) is 41.0 Å². The third kappa shape index (κ3) is 40.7. The minimum Gasteiger partial charge on any atom is -0.388 e. The summed E-state index contributed by atoms with van der Waals surface area (Å²) in [4.78, 5) is 33.8. The average Bonchev–Trinajstić information content (AvgIpc) is 2.83. The SMILES string of the molecule is CC1=C/C2=C/NCCN=CC3=CC(C)=C/C(=C/NCCN=CC(=C1)C2=O)C3=O.[Cu+2].[Cu+2].[O-][Cl+3]([O-])([O-])[O-].[O-][Cl+3]([O-])([O-])[O-].[O-][Cl+3]([O-])([O-])[O-].[O-][Cl+3]([O-])([O-])[O-]. The predicted octanol–water partition coefficient (Wildman–Crippen LogP) is -17.0. The zero-order chi connectivity index (χ0) is 37.9. The second-order valence-electron chi connectivity index (χ2n) is 8.32. The van der Waals surface area contributed by atoms with Gasteiger partial charge in [0.2, 0.25) is 0 Å². The molecular weight excluding hydrogens is 877 g/mol. The number of ketones is 2. The van der Waals surface area contributed by atoms with Crippen LogP contribution in [0.5, 0.6) is 0 Å². The van der Waals surface area contributed by atoms with Gasteiger partial charge in [0.1, 0.15) is 0 Å². The van der Waals surface area contributed by atoms with Gasteiger partial charge in [0.15, 0.2) is 11.6 Å². The molecule has 0 fully saturated rings. The molecule has 0 spiro atoms. The molecule has 4 bridgehead atoms. The molecule has 50 heavy (non-hydrogen) atoms. The van der Waals surface area contributed by atoms with Gasteiger partial charge in [0.05, 0.1) is 13.1 Å². The Bertz CT molecular complexity index is 1180. The van der Waals surface area contributed by atoms with E-state index < -0.39 is 41.0 Å². The molecule has 0 amide bonds. The molecule has 0 unspecified atom stereocenters. The molecule has 3 rings (SSSR count). The molecule has 1 heterocycles. The molecule has 3 aliphatic rings. The van der Waals surface area contributed by atoms with Crippen molar-refractivity contribution >= 4 is 24.0 Å². The van der Waals surface area contributed by atoms with Gasteiger partial charge in [-0.05, 0) is 49.3 Å². The van der Waals surface area contributed by atoms with Gasteiger partial charge in [-0.15, -0.1) is 41.0 Å². The Hall–Kier alpha value is -1.72. The third-order valence-corrected chi connectivity index (χ3v) is 4.33. The maximum absolute atomic E-state index is 12.5. The molecule has 0 saturated heterocycles. The molecule has 2 aliphatic carbocycles. The number of nitrogens with zero attached hydrogens (tertiary/aromatic N) is 2. The van der Waals surface area contributed by atoms with E-state index in [9.17, 15) is 9.59 Å². The van der Waals surface area contributed by atoms with Crippen LogP contribution in [-0.2, 0) is 43.7 Å². The molecule has 0 aromatic rings. The molecule has 290 valence electrons. The first-order valence-corrected chi connectivity index (χ1v) is 16.7. The van der Waals surface area contributed by atoms with Crippen LogP contribution in [0.2, 0.25) is 0 Å². The number of carbonyl (C=O) groups excluding carboxylic acids is 2. The Morgan fingerprint density at radius 3 is 0.960 bits per heavy atom. The number of Topliss-reactive ketones (excluding diaryl/α,β-unsaturated/α-hetero) is 2. The van der Waals surface area contributed by atoms with Crippen LogP contribution >= 0.6 is 0 Å². The Morgan fingerprint density at radius 2 is 0.720 bits per heavy atom. The standard InChI is InChI=1S/C22H24N4O2.4ClHO4.2Cu/c1-15-7-17-11-23-3-5-25-13-19-9-16(2)10-20(22(19)28)14-26-6-4-24-12-18(8-15)21(17)27;4*2-1(3,4)5;;/h7-14,23,26H,3-6H2,1-2H3;4*(H,2,3,4,5);;/q;;;;;2*+2/p-4/b17-11-,20-14-,24-12?,25-13?;;;;;;. The van der Waals surface area contributed by atoms with Gasteiger partial charge in [-0.25, -0.2) is 74.5 Å². The van der Waals surface area contributed by atoms with Crippen molar-refractivity contribution in [2.24, 2.45) is 9.98 Å². The first-order chi connectivity index (χ1) is 21.5. The second-order valence-corrected chi connectivity index (χ2v) is 11.3. The van der Waals surface area contributed by atoms with Crippen molar-refractivity contribution in [3.05, 3.63) is 70.1 Å². The summed E-state index contributed by atoms with van der Waals surface area (Å²) < 4.78 is 136. The zero-order valence-corrected chi connectivity index (χ0v) is 29.7. The van der Waals surface area contributed by atoms with E-state index in [1.165, 1.54) is 0 Å². The maximum Gasteiger partial charge on any atom is 2.00 e. The predicted molar refractivity (Wildman–Crippen MR) is 113 cm³/mol. The van der Waals surface area contributed by atoms with Gasteiger partial charge in [0, 0.05) is 60.2 Å². The summed E-state index contributed by atoms with van der Waals surface area (Å²) in [6.07, 6.45) is 14.0. The second kappa shape index (κ2) is 26.1. The summed E-state index contributed by atoms with van der Waals surface area (Å²) in [5.74, 6) is -0.0973. The number of aliphatic imine (C=N–C) groups is 2. The first kappa shape index (κ1) is 55.0. The summed E-state index contributed by atoms with van der Waals surface area (Å²) in [6.45, 7) is 6.03. The summed E-state index contributed by atoms with van der Waals surface area (Å²) in [6, 6.07) is 0. The number of allylic oxidation sites excluding steroid dienone is 10. The molecule has 22 nitrogen and oxygen atoms in total. The Kier molecular flexibility index (Phi) is 28.7. The van der Waals surface area contributed by atoms with E-state index in [2.05, 4.69) is 20.6 Å². The van der Waals surface area contributed by atoms with E-state index in [1.54, 1.807) is 24.8 Å². The largest absolute Gasteiger partial charge is 2.00 e. The van der Waals surface area contributed by atoms with E-state index in [0.29, 0.717) is 48.5 Å². The number of halogens is 4. The van der Waals surface area contributed by atoms with Crippen molar-refractivity contribution in [3.63, 3.8) is 0 Å². The van der Waals surface area contributed by atoms with Gasteiger partial charge >= 0.3 is 34.1 Å². The fourth-order valence-electron chi connectivity index (χ4n) is 3.01. The number of carbonyl (C=O) groups is 2. The van der Waals surface area contributed by atoms with Gasteiger partial charge in [0.25, 0.3) is 0 Å². The van der Waals surface area contributed by atoms with Gasteiger partial charge < -0.3 is 10.6 Å². The van der Waals surface area contributed by atoms with Gasteiger partial charge in [-0.2, -0.15) is 0 Å². The number of nitrogens with one attached hydrogen (secondary N) is 2. The van der Waals surface area contributed by atoms with Crippen molar-refractivity contribution in [2.75, 3.05) is 26.2 Å². The van der Waals surface area contributed by atoms with Crippen LogP contribution in [0.3, 0.4) is 0 Å².